The molecule has 27 heavy (non-hydrogen) atoms. The van der Waals surface area contributed by atoms with Crippen molar-refractivity contribution in [3.63, 3.8) is 0 Å². The summed E-state index contributed by atoms with van der Waals surface area (Å²) >= 11 is 1.53. The average molecular weight is 390 g/mol. The minimum atomic E-state index is -0.339. The third-order valence-electron chi connectivity index (χ3n) is 4.99. The van der Waals surface area contributed by atoms with Gasteiger partial charge in [-0.2, -0.15) is 4.98 Å². The first-order chi connectivity index (χ1) is 13.2. The van der Waals surface area contributed by atoms with Gasteiger partial charge in [-0.3, -0.25) is 0 Å². The number of nitrogens with one attached hydrogen (secondary N) is 1. The van der Waals surface area contributed by atoms with Crippen LogP contribution in [0.15, 0.2) is 35.4 Å². The first-order valence-electron chi connectivity index (χ1n) is 9.12. The van der Waals surface area contributed by atoms with Crippen LogP contribution < -0.4 is 15.0 Å². The van der Waals surface area contributed by atoms with Crippen LogP contribution in [0.25, 0.3) is 0 Å². The highest BCUT2D eigenvalue weighted by Crippen LogP contribution is 2.31. The summed E-state index contributed by atoms with van der Waals surface area (Å²) in [6, 6.07) is 7.83. The molecule has 1 aromatic heterocycles. The van der Waals surface area contributed by atoms with Crippen molar-refractivity contribution in [1.82, 2.24) is 15.3 Å². The van der Waals surface area contributed by atoms with E-state index in [-0.39, 0.29) is 11.4 Å². The predicted octanol–water partition coefficient (Wildman–Crippen LogP) is 3.09. The average Bonchev–Trinajstić information content (AvgIpc) is 2.69. The van der Waals surface area contributed by atoms with Gasteiger partial charge in [0.1, 0.15) is 16.6 Å². The molecule has 4 rings (SSSR count). The van der Waals surface area contributed by atoms with E-state index in [0.29, 0.717) is 17.6 Å². The highest BCUT2D eigenvalue weighted by molar-refractivity contribution is 7.98. The van der Waals surface area contributed by atoms with E-state index >= 15 is 0 Å². The molecule has 0 bridgehead atoms. The molecular formula is C19H23FN4O2S. The van der Waals surface area contributed by atoms with Crippen molar-refractivity contribution in [2.24, 2.45) is 0 Å². The van der Waals surface area contributed by atoms with Crippen LogP contribution in [0.4, 0.5) is 10.3 Å². The minimum Gasteiger partial charge on any atom is -0.439 e. The molecule has 6 nitrogen and oxygen atoms in total. The zero-order valence-electron chi connectivity index (χ0n) is 15.3. The number of benzene rings is 1. The number of anilines is 1. The molecule has 2 fully saturated rings. The van der Waals surface area contributed by atoms with Gasteiger partial charge in [0.2, 0.25) is 11.8 Å². The number of nitrogens with zero attached hydrogens (tertiary/aromatic N) is 3. The standard InChI is InChI=1S/C19H23FN4O2S/c1-27-17-12-16(26-15-4-2-3-14(20)11-15)22-18(23-17)24-8-5-19(6-9-24)13-21-7-10-25-19/h2-4,11-12,21H,5-10,13H2,1H3. The Morgan fingerprint density at radius 1 is 1.26 bits per heavy atom. The topological polar surface area (TPSA) is 59.5 Å². The van der Waals surface area contributed by atoms with Gasteiger partial charge in [-0.1, -0.05) is 6.07 Å². The third kappa shape index (κ3) is 4.34. The van der Waals surface area contributed by atoms with Crippen LogP contribution in [0.5, 0.6) is 11.6 Å². The van der Waals surface area contributed by atoms with Crippen molar-refractivity contribution in [2.45, 2.75) is 23.5 Å². The fraction of sp³-hybridized carbons (Fsp3) is 0.474. The highest BCUT2D eigenvalue weighted by Gasteiger charge is 2.37. The maximum Gasteiger partial charge on any atom is 0.229 e. The monoisotopic (exact) mass is 390 g/mol. The molecular weight excluding hydrogens is 367 g/mol. The van der Waals surface area contributed by atoms with Crippen molar-refractivity contribution in [3.05, 3.63) is 36.1 Å². The molecule has 0 radical (unpaired) electrons. The van der Waals surface area contributed by atoms with Gasteiger partial charge in [0.15, 0.2) is 0 Å². The van der Waals surface area contributed by atoms with Gasteiger partial charge in [0.05, 0.1) is 12.2 Å². The Morgan fingerprint density at radius 3 is 2.81 bits per heavy atom. The smallest absolute Gasteiger partial charge is 0.229 e. The van der Waals surface area contributed by atoms with Crippen molar-refractivity contribution >= 4 is 17.7 Å². The van der Waals surface area contributed by atoms with E-state index < -0.39 is 0 Å². The van der Waals surface area contributed by atoms with Gasteiger partial charge >= 0.3 is 0 Å². The molecule has 3 heterocycles. The van der Waals surface area contributed by atoms with Crippen molar-refractivity contribution < 1.29 is 13.9 Å². The number of halogens is 1. The van der Waals surface area contributed by atoms with Crippen molar-refractivity contribution in [1.29, 1.82) is 0 Å². The number of piperidine rings is 1. The van der Waals surface area contributed by atoms with Crippen LogP contribution in [0.1, 0.15) is 12.8 Å². The van der Waals surface area contributed by atoms with Crippen molar-refractivity contribution in [3.8, 4) is 11.6 Å². The fourth-order valence-electron chi connectivity index (χ4n) is 3.48. The second kappa shape index (κ2) is 8.00. The van der Waals surface area contributed by atoms with Gasteiger partial charge in [-0.15, -0.1) is 11.8 Å². The zero-order chi connectivity index (χ0) is 18.7. The van der Waals surface area contributed by atoms with E-state index in [4.69, 9.17) is 9.47 Å². The Balaban J connectivity index is 1.51. The number of thioether (sulfide) groups is 1. The molecule has 0 amide bonds. The Labute approximate surface area is 162 Å². The summed E-state index contributed by atoms with van der Waals surface area (Å²) in [5.74, 6) is 1.15. The zero-order valence-corrected chi connectivity index (χ0v) is 16.1. The maximum atomic E-state index is 13.4. The molecule has 2 aromatic rings. The number of rotatable bonds is 4. The summed E-state index contributed by atoms with van der Waals surface area (Å²) in [4.78, 5) is 11.4. The summed E-state index contributed by atoms with van der Waals surface area (Å²) in [7, 11) is 0. The first kappa shape index (κ1) is 18.5. The van der Waals surface area contributed by atoms with Gasteiger partial charge in [0.25, 0.3) is 0 Å². The van der Waals surface area contributed by atoms with Crippen LogP contribution in [0, 0.1) is 5.82 Å². The van der Waals surface area contributed by atoms with E-state index in [1.54, 1.807) is 18.2 Å². The Morgan fingerprint density at radius 2 is 2.11 bits per heavy atom. The lowest BCUT2D eigenvalue weighted by Gasteiger charge is -2.44. The summed E-state index contributed by atoms with van der Waals surface area (Å²) in [5, 5.41) is 4.25. The second-order valence-corrected chi connectivity index (χ2v) is 7.63. The number of morpholine rings is 1. The Kier molecular flexibility index (Phi) is 5.47. The van der Waals surface area contributed by atoms with E-state index in [9.17, 15) is 4.39 Å². The van der Waals surface area contributed by atoms with Crippen LogP contribution in [0.2, 0.25) is 0 Å². The van der Waals surface area contributed by atoms with Gasteiger partial charge in [-0.25, -0.2) is 9.37 Å². The quantitative estimate of drug-likeness (QED) is 0.636. The fourth-order valence-corrected chi connectivity index (χ4v) is 3.88. The van der Waals surface area contributed by atoms with Crippen LogP contribution >= 0.6 is 11.8 Å². The maximum absolute atomic E-state index is 13.4. The molecule has 0 aliphatic carbocycles. The summed E-state index contributed by atoms with van der Waals surface area (Å²) < 4.78 is 25.2. The molecule has 2 saturated heterocycles. The summed E-state index contributed by atoms with van der Waals surface area (Å²) in [5.41, 5.74) is -0.0627. The van der Waals surface area contributed by atoms with Crippen LogP contribution in [-0.2, 0) is 4.74 Å². The number of hydrogen-bond donors (Lipinski definition) is 1. The second-order valence-electron chi connectivity index (χ2n) is 6.80. The van der Waals surface area contributed by atoms with Crippen LogP contribution in [0.3, 0.4) is 0 Å². The minimum absolute atomic E-state index is 0.0627. The number of ether oxygens (including phenoxy) is 2. The molecule has 144 valence electrons. The molecule has 8 heteroatoms. The lowest BCUT2D eigenvalue weighted by Crippen LogP contribution is -2.55. The molecule has 1 aromatic carbocycles. The number of hydrogen-bond acceptors (Lipinski definition) is 7. The van der Waals surface area contributed by atoms with E-state index in [0.717, 1.165) is 50.7 Å². The summed E-state index contributed by atoms with van der Waals surface area (Å²) in [6.45, 7) is 4.26. The van der Waals surface area contributed by atoms with E-state index in [2.05, 4.69) is 20.2 Å². The van der Waals surface area contributed by atoms with Gasteiger partial charge in [0, 0.05) is 38.3 Å². The Bertz CT molecular complexity index is 791. The normalized spacial score (nSPS) is 19.3. The first-order valence-corrected chi connectivity index (χ1v) is 10.3. The molecule has 1 N–H and O–H groups in total. The SMILES string of the molecule is CSc1cc(Oc2cccc(F)c2)nc(N2CCC3(CC2)CNCCO3)n1. The molecule has 0 atom stereocenters. The molecule has 0 saturated carbocycles. The van der Waals surface area contributed by atoms with Gasteiger partial charge < -0.3 is 19.7 Å². The predicted molar refractivity (Wildman–Crippen MR) is 103 cm³/mol. The number of aromatic nitrogens is 2. The van der Waals surface area contributed by atoms with Gasteiger partial charge in [-0.05, 0) is 31.2 Å². The summed E-state index contributed by atoms with van der Waals surface area (Å²) in [6.07, 6.45) is 3.84. The highest BCUT2D eigenvalue weighted by atomic mass is 32.2. The van der Waals surface area contributed by atoms with E-state index in [1.807, 2.05) is 6.26 Å². The molecule has 0 unspecified atom stereocenters. The lowest BCUT2D eigenvalue weighted by atomic mass is 9.90. The van der Waals surface area contributed by atoms with Crippen LogP contribution in [-0.4, -0.2) is 54.6 Å². The molecule has 1 spiro atoms. The third-order valence-corrected chi connectivity index (χ3v) is 5.61. The molecule has 2 aliphatic rings. The lowest BCUT2D eigenvalue weighted by molar-refractivity contribution is -0.0801. The molecule has 2 aliphatic heterocycles. The van der Waals surface area contributed by atoms with E-state index in [1.165, 1.54) is 23.9 Å². The Hall–Kier alpha value is -1.90. The largest absolute Gasteiger partial charge is 0.439 e. The van der Waals surface area contributed by atoms with Crippen molar-refractivity contribution in [2.75, 3.05) is 43.9 Å².